The molecule has 2 aliphatic heterocycles. The van der Waals surface area contributed by atoms with Gasteiger partial charge in [-0.05, 0) is 31.7 Å². The first kappa shape index (κ1) is 11.9. The first-order chi connectivity index (χ1) is 7.77. The zero-order valence-electron chi connectivity index (χ0n) is 10.4. The molecule has 0 aromatic heterocycles. The van der Waals surface area contributed by atoms with E-state index in [4.69, 9.17) is 0 Å². The monoisotopic (exact) mass is 224 g/mol. The molecule has 3 nitrogen and oxygen atoms in total. The molecule has 2 aliphatic rings. The van der Waals surface area contributed by atoms with E-state index in [1.165, 1.54) is 25.7 Å². The molecule has 1 N–H and O–H groups in total. The van der Waals surface area contributed by atoms with Gasteiger partial charge in [-0.1, -0.05) is 19.8 Å². The third kappa shape index (κ3) is 2.97. The minimum absolute atomic E-state index is 0.238. The fourth-order valence-electron chi connectivity index (χ4n) is 2.89. The van der Waals surface area contributed by atoms with Crippen molar-refractivity contribution in [3.05, 3.63) is 0 Å². The second-order valence-corrected chi connectivity index (χ2v) is 5.44. The van der Waals surface area contributed by atoms with Gasteiger partial charge in [0.1, 0.15) is 0 Å². The summed E-state index contributed by atoms with van der Waals surface area (Å²) in [6.07, 6.45) is 6.05. The molecule has 2 atom stereocenters. The van der Waals surface area contributed by atoms with Gasteiger partial charge in [-0.2, -0.15) is 0 Å². The first-order valence-corrected chi connectivity index (χ1v) is 6.77. The van der Waals surface area contributed by atoms with Crippen LogP contribution in [0, 0.1) is 11.8 Å². The molecule has 2 fully saturated rings. The average Bonchev–Trinajstić information content (AvgIpc) is 2.56. The van der Waals surface area contributed by atoms with Crippen LogP contribution in [-0.2, 0) is 4.79 Å². The number of hydrogen-bond donors (Lipinski definition) is 1. The molecule has 2 rings (SSSR count). The first-order valence-electron chi connectivity index (χ1n) is 6.77. The Kier molecular flexibility index (Phi) is 4.22. The number of hydrogen-bond acceptors (Lipinski definition) is 2. The molecule has 0 aromatic rings. The number of piperidine rings is 1. The van der Waals surface area contributed by atoms with Crippen molar-refractivity contribution >= 4 is 5.91 Å². The molecule has 0 bridgehead atoms. The van der Waals surface area contributed by atoms with Crippen molar-refractivity contribution in [2.45, 2.75) is 39.0 Å². The highest BCUT2D eigenvalue weighted by Gasteiger charge is 2.28. The van der Waals surface area contributed by atoms with Gasteiger partial charge in [-0.3, -0.25) is 4.79 Å². The van der Waals surface area contributed by atoms with Crippen LogP contribution >= 0.6 is 0 Å². The lowest BCUT2D eigenvalue weighted by Gasteiger charge is -2.31. The Labute approximate surface area is 98.6 Å². The van der Waals surface area contributed by atoms with Crippen LogP contribution in [0.3, 0.4) is 0 Å². The summed E-state index contributed by atoms with van der Waals surface area (Å²) in [5.41, 5.74) is 0. The van der Waals surface area contributed by atoms with Crippen molar-refractivity contribution in [3.8, 4) is 0 Å². The van der Waals surface area contributed by atoms with Crippen LogP contribution in [0.1, 0.15) is 39.0 Å². The van der Waals surface area contributed by atoms with Gasteiger partial charge in [0.2, 0.25) is 5.91 Å². The number of carbonyl (C=O) groups excluding carboxylic acids is 1. The number of likely N-dealkylation sites (tertiary alicyclic amines) is 1. The van der Waals surface area contributed by atoms with E-state index in [1.54, 1.807) is 0 Å². The van der Waals surface area contributed by atoms with E-state index in [0.717, 1.165) is 32.6 Å². The normalized spacial score (nSPS) is 32.2. The summed E-state index contributed by atoms with van der Waals surface area (Å²) in [7, 11) is 0. The van der Waals surface area contributed by atoms with Gasteiger partial charge in [-0.25, -0.2) is 0 Å². The Morgan fingerprint density at radius 1 is 1.12 bits per heavy atom. The fourth-order valence-corrected chi connectivity index (χ4v) is 2.89. The second-order valence-electron chi connectivity index (χ2n) is 5.44. The van der Waals surface area contributed by atoms with Gasteiger partial charge in [0.25, 0.3) is 0 Å². The standard InChI is InChI=1S/C13H24N2O/c1-11-8-12(10-14-9-11)13(16)15-6-4-2-3-5-7-15/h11-12,14H,2-10H2,1H3. The zero-order valence-corrected chi connectivity index (χ0v) is 10.4. The van der Waals surface area contributed by atoms with Crippen LogP contribution in [0.5, 0.6) is 0 Å². The van der Waals surface area contributed by atoms with Crippen LogP contribution in [0.15, 0.2) is 0 Å². The third-order valence-electron chi connectivity index (χ3n) is 3.84. The SMILES string of the molecule is CC1CNCC(C(=O)N2CCCCCC2)C1. The van der Waals surface area contributed by atoms with Gasteiger partial charge >= 0.3 is 0 Å². The van der Waals surface area contributed by atoms with E-state index in [1.807, 2.05) is 0 Å². The molecule has 0 saturated carbocycles. The Bertz CT molecular complexity index is 230. The molecular weight excluding hydrogens is 200 g/mol. The Hall–Kier alpha value is -0.570. The van der Waals surface area contributed by atoms with Gasteiger partial charge in [-0.15, -0.1) is 0 Å². The number of nitrogens with zero attached hydrogens (tertiary/aromatic N) is 1. The number of amides is 1. The number of carbonyl (C=O) groups is 1. The predicted molar refractivity (Wildman–Crippen MR) is 65.2 cm³/mol. The topological polar surface area (TPSA) is 32.3 Å². The summed E-state index contributed by atoms with van der Waals surface area (Å²) in [4.78, 5) is 14.4. The average molecular weight is 224 g/mol. The van der Waals surface area contributed by atoms with E-state index in [-0.39, 0.29) is 5.92 Å². The summed E-state index contributed by atoms with van der Waals surface area (Å²) >= 11 is 0. The minimum atomic E-state index is 0.238. The van der Waals surface area contributed by atoms with E-state index in [9.17, 15) is 4.79 Å². The molecule has 0 radical (unpaired) electrons. The Morgan fingerprint density at radius 3 is 2.44 bits per heavy atom. The Morgan fingerprint density at radius 2 is 1.81 bits per heavy atom. The van der Waals surface area contributed by atoms with Crippen LogP contribution in [0.25, 0.3) is 0 Å². The second kappa shape index (κ2) is 5.67. The summed E-state index contributed by atoms with van der Waals surface area (Å²) in [5.74, 6) is 1.29. The van der Waals surface area contributed by atoms with Crippen molar-refractivity contribution in [2.75, 3.05) is 26.2 Å². The smallest absolute Gasteiger partial charge is 0.226 e. The quantitative estimate of drug-likeness (QED) is 0.734. The largest absolute Gasteiger partial charge is 0.342 e. The molecule has 0 aromatic carbocycles. The van der Waals surface area contributed by atoms with Crippen molar-refractivity contribution in [1.82, 2.24) is 10.2 Å². The molecule has 0 spiro atoms. The van der Waals surface area contributed by atoms with Crippen molar-refractivity contribution in [1.29, 1.82) is 0 Å². The highest BCUT2D eigenvalue weighted by atomic mass is 16.2. The lowest BCUT2D eigenvalue weighted by atomic mass is 9.91. The van der Waals surface area contributed by atoms with Gasteiger partial charge in [0.15, 0.2) is 0 Å². The molecule has 2 unspecified atom stereocenters. The molecule has 16 heavy (non-hydrogen) atoms. The summed E-state index contributed by atoms with van der Waals surface area (Å²) in [6, 6.07) is 0. The van der Waals surface area contributed by atoms with Crippen LogP contribution in [0.2, 0.25) is 0 Å². The highest BCUT2D eigenvalue weighted by molar-refractivity contribution is 5.79. The van der Waals surface area contributed by atoms with E-state index < -0.39 is 0 Å². The van der Waals surface area contributed by atoms with Crippen LogP contribution in [-0.4, -0.2) is 37.0 Å². The lowest BCUT2D eigenvalue weighted by Crippen LogP contribution is -2.45. The molecule has 92 valence electrons. The van der Waals surface area contributed by atoms with Gasteiger partial charge in [0.05, 0.1) is 5.92 Å². The summed E-state index contributed by atoms with van der Waals surface area (Å²) in [5, 5.41) is 3.37. The number of rotatable bonds is 1. The van der Waals surface area contributed by atoms with Crippen molar-refractivity contribution in [3.63, 3.8) is 0 Å². The maximum Gasteiger partial charge on any atom is 0.226 e. The third-order valence-corrected chi connectivity index (χ3v) is 3.84. The minimum Gasteiger partial charge on any atom is -0.342 e. The van der Waals surface area contributed by atoms with E-state index >= 15 is 0 Å². The zero-order chi connectivity index (χ0) is 11.4. The molecule has 2 heterocycles. The lowest BCUT2D eigenvalue weighted by molar-refractivity contribution is -0.136. The highest BCUT2D eigenvalue weighted by Crippen LogP contribution is 2.20. The number of nitrogens with one attached hydrogen (secondary N) is 1. The summed E-state index contributed by atoms with van der Waals surface area (Å²) < 4.78 is 0. The Balaban J connectivity index is 1.89. The maximum atomic E-state index is 12.3. The predicted octanol–water partition coefficient (Wildman–Crippen LogP) is 1.63. The molecule has 3 heteroatoms. The summed E-state index contributed by atoms with van der Waals surface area (Å²) in [6.45, 7) is 6.17. The fraction of sp³-hybridized carbons (Fsp3) is 0.923. The molecule has 1 amide bonds. The molecule has 0 aliphatic carbocycles. The molecular formula is C13H24N2O. The van der Waals surface area contributed by atoms with E-state index in [2.05, 4.69) is 17.1 Å². The molecule has 2 saturated heterocycles. The van der Waals surface area contributed by atoms with E-state index in [0.29, 0.717) is 11.8 Å². The van der Waals surface area contributed by atoms with Crippen LogP contribution < -0.4 is 5.32 Å². The van der Waals surface area contributed by atoms with Crippen molar-refractivity contribution in [2.24, 2.45) is 11.8 Å². The van der Waals surface area contributed by atoms with Gasteiger partial charge in [0, 0.05) is 19.6 Å². The maximum absolute atomic E-state index is 12.3. The van der Waals surface area contributed by atoms with Crippen molar-refractivity contribution < 1.29 is 4.79 Å². The van der Waals surface area contributed by atoms with Gasteiger partial charge < -0.3 is 10.2 Å². The van der Waals surface area contributed by atoms with Crippen LogP contribution in [0.4, 0.5) is 0 Å².